The summed E-state index contributed by atoms with van der Waals surface area (Å²) in [7, 11) is 0. The third-order valence-electron chi connectivity index (χ3n) is 3.24. The van der Waals surface area contributed by atoms with Crippen LogP contribution in [-0.2, 0) is 21.7 Å². The van der Waals surface area contributed by atoms with Crippen LogP contribution in [0.1, 0.15) is 64.2 Å². The van der Waals surface area contributed by atoms with Crippen LogP contribution >= 0.6 is 0 Å². The van der Waals surface area contributed by atoms with Crippen molar-refractivity contribution in [2.45, 2.75) is 64.2 Å². The van der Waals surface area contributed by atoms with Crippen LogP contribution in [0.4, 0.5) is 0 Å². The maximum Gasteiger partial charge on any atom is 2.00 e. The van der Waals surface area contributed by atoms with Crippen LogP contribution < -0.4 is 4.46 Å². The summed E-state index contributed by atoms with van der Waals surface area (Å²) in [4.78, 5) is 0. The van der Waals surface area contributed by atoms with Crippen molar-refractivity contribution in [1.29, 1.82) is 0 Å². The van der Waals surface area contributed by atoms with Gasteiger partial charge < -0.3 is 0 Å². The van der Waals surface area contributed by atoms with E-state index in [1.165, 1.54) is 68.7 Å². The molecule has 1 aromatic carbocycles. The third kappa shape index (κ3) is 11.5. The van der Waals surface area contributed by atoms with Crippen LogP contribution in [0.15, 0.2) is 30.3 Å². The van der Waals surface area contributed by atoms with Gasteiger partial charge in [0.05, 0.1) is 0 Å². The van der Waals surface area contributed by atoms with Crippen molar-refractivity contribution in [1.82, 2.24) is 0 Å². The summed E-state index contributed by atoms with van der Waals surface area (Å²) in [5.74, 6) is 0. The number of hydrogen-bond donors (Lipinski definition) is 0. The van der Waals surface area contributed by atoms with Crippen LogP contribution in [0.3, 0.4) is 0 Å². The first-order valence-corrected chi connectivity index (χ1v) is 7.97. The zero-order valence-electron chi connectivity index (χ0n) is 11.4. The molecule has 97 valence electrons. The minimum atomic E-state index is 0. The van der Waals surface area contributed by atoms with Crippen molar-refractivity contribution in [2.24, 2.45) is 0 Å². The summed E-state index contributed by atoms with van der Waals surface area (Å²) in [6.45, 7) is 0. The van der Waals surface area contributed by atoms with Gasteiger partial charge in [0.25, 0.3) is 0 Å². The van der Waals surface area contributed by atoms with Gasteiger partial charge >= 0.3 is 72.5 Å². The smallest absolute Gasteiger partial charge is 2.00 e. The summed E-state index contributed by atoms with van der Waals surface area (Å²) in [5.41, 5.74) is 0. The van der Waals surface area contributed by atoms with E-state index in [2.05, 4.69) is 16.0 Å². The minimum Gasteiger partial charge on any atom is 2.00 e. The first-order chi connectivity index (χ1) is 8.39. The van der Waals surface area contributed by atoms with E-state index in [0.29, 0.717) is 0 Å². The van der Waals surface area contributed by atoms with Gasteiger partial charge in [-0.1, -0.05) is 64.2 Å². The molecule has 1 radical (unpaired) electrons. The van der Waals surface area contributed by atoms with Crippen LogP contribution in [-0.4, -0.2) is 16.0 Å². The molecule has 0 amide bonds. The van der Waals surface area contributed by atoms with E-state index >= 15 is 0 Å². The topological polar surface area (TPSA) is 0 Å². The van der Waals surface area contributed by atoms with E-state index in [1.54, 1.807) is 0 Å². The largest absolute Gasteiger partial charge is 2.00 e. The van der Waals surface area contributed by atoms with E-state index in [9.17, 15) is 0 Å². The van der Waals surface area contributed by atoms with Crippen molar-refractivity contribution < 1.29 is 21.7 Å². The maximum atomic E-state index is 2.90. The molecule has 0 aliphatic heterocycles. The monoisotopic (exact) mass is 345 g/mol. The van der Waals surface area contributed by atoms with E-state index < -0.39 is 0 Å². The molecule has 0 spiro atoms. The van der Waals surface area contributed by atoms with E-state index in [1.807, 2.05) is 30.3 Å². The Kier molecular flexibility index (Phi) is 14.2. The SMILES string of the molecule is C1CCCC1.C1CCCC1.[Se]c1ccccc1.[Ti+2]. The molecular weight excluding hydrogens is 319 g/mol. The molecule has 0 unspecified atom stereocenters. The van der Waals surface area contributed by atoms with E-state index in [0.717, 1.165) is 0 Å². The fraction of sp³-hybridized carbons (Fsp3) is 0.625. The Balaban J connectivity index is 0.000000239. The second-order valence-corrected chi connectivity index (χ2v) is 5.84. The van der Waals surface area contributed by atoms with Crippen LogP contribution in [0, 0.1) is 0 Å². The summed E-state index contributed by atoms with van der Waals surface area (Å²) in [5, 5.41) is 0. The third-order valence-corrected chi connectivity index (χ3v) is 3.81. The van der Waals surface area contributed by atoms with Crippen molar-refractivity contribution in [3.05, 3.63) is 30.3 Å². The van der Waals surface area contributed by atoms with Gasteiger partial charge in [-0.05, 0) is 0 Å². The Hall–Kier alpha value is 0.454. The van der Waals surface area contributed by atoms with Crippen molar-refractivity contribution in [3.8, 4) is 0 Å². The molecule has 0 nitrogen and oxygen atoms in total. The molecule has 0 heterocycles. The van der Waals surface area contributed by atoms with Crippen molar-refractivity contribution in [3.63, 3.8) is 0 Å². The molecule has 0 saturated heterocycles. The van der Waals surface area contributed by atoms with Gasteiger partial charge in [0, 0.05) is 0 Å². The van der Waals surface area contributed by atoms with E-state index in [-0.39, 0.29) is 21.7 Å². The van der Waals surface area contributed by atoms with Gasteiger partial charge in [-0.25, -0.2) is 0 Å². The predicted octanol–water partition coefficient (Wildman–Crippen LogP) is 4.38. The van der Waals surface area contributed by atoms with Gasteiger partial charge in [-0.15, -0.1) is 0 Å². The normalized spacial score (nSPS) is 16.7. The van der Waals surface area contributed by atoms with Crippen molar-refractivity contribution >= 4 is 20.5 Å². The molecule has 2 aliphatic carbocycles. The molecule has 2 fully saturated rings. The van der Waals surface area contributed by atoms with Crippen molar-refractivity contribution in [2.75, 3.05) is 0 Å². The van der Waals surface area contributed by atoms with Gasteiger partial charge in [-0.3, -0.25) is 0 Å². The first-order valence-electron chi connectivity index (χ1n) is 7.11. The molecule has 2 saturated carbocycles. The quantitative estimate of drug-likeness (QED) is 0.613. The summed E-state index contributed by atoms with van der Waals surface area (Å²) in [6, 6.07) is 10.1. The summed E-state index contributed by atoms with van der Waals surface area (Å²) >= 11 is 2.90. The number of hydrogen-bond acceptors (Lipinski definition) is 0. The molecule has 18 heavy (non-hydrogen) atoms. The fourth-order valence-corrected chi connectivity index (χ4v) is 2.52. The Bertz CT molecular complexity index is 228. The Morgan fingerprint density at radius 1 is 0.556 bits per heavy atom. The molecule has 0 aromatic heterocycles. The van der Waals surface area contributed by atoms with Crippen LogP contribution in [0.25, 0.3) is 0 Å². The van der Waals surface area contributed by atoms with Gasteiger partial charge in [-0.2, -0.15) is 0 Å². The first kappa shape index (κ1) is 18.5. The summed E-state index contributed by atoms with van der Waals surface area (Å²) in [6.07, 6.45) is 15.0. The zero-order valence-corrected chi connectivity index (χ0v) is 14.6. The second kappa shape index (κ2) is 13.9. The number of benzene rings is 1. The number of rotatable bonds is 0. The Labute approximate surface area is 136 Å². The molecule has 2 aliphatic rings. The maximum absolute atomic E-state index is 2.90. The van der Waals surface area contributed by atoms with E-state index in [4.69, 9.17) is 0 Å². The average Bonchev–Trinajstić information content (AvgIpc) is 3.09. The molecular formula is C16H25SeTi+2. The molecule has 2 heteroatoms. The molecule has 1 aromatic rings. The molecule has 0 bridgehead atoms. The van der Waals surface area contributed by atoms with Gasteiger partial charge in [0.15, 0.2) is 0 Å². The Morgan fingerprint density at radius 3 is 1.00 bits per heavy atom. The second-order valence-electron chi connectivity index (χ2n) is 4.85. The van der Waals surface area contributed by atoms with Crippen LogP contribution in [0.5, 0.6) is 0 Å². The molecule has 3 rings (SSSR count). The van der Waals surface area contributed by atoms with Gasteiger partial charge in [0.2, 0.25) is 0 Å². The predicted molar refractivity (Wildman–Crippen MR) is 78.0 cm³/mol. The van der Waals surface area contributed by atoms with Crippen LogP contribution in [0.2, 0.25) is 0 Å². The average molecular weight is 344 g/mol. The Morgan fingerprint density at radius 2 is 0.833 bits per heavy atom. The summed E-state index contributed by atoms with van der Waals surface area (Å²) < 4.78 is 1.20. The molecule has 0 N–H and O–H groups in total. The zero-order chi connectivity index (χ0) is 12.2. The standard InChI is InChI=1S/C6H5Se.2C5H10.Ti/c7-6-4-2-1-3-5-6;2*1-2-4-5-3-1;/h1-5H;2*1-5H2;/q;;;+2. The fourth-order valence-electron chi connectivity index (χ4n) is 2.19. The van der Waals surface area contributed by atoms with Gasteiger partial charge in [0.1, 0.15) is 0 Å². The minimum absolute atomic E-state index is 0. The molecule has 0 atom stereocenters.